The summed E-state index contributed by atoms with van der Waals surface area (Å²) in [5.41, 5.74) is 1.25. The summed E-state index contributed by atoms with van der Waals surface area (Å²) in [4.78, 5) is 0. The highest BCUT2D eigenvalue weighted by atomic mass is 28.4. The second kappa shape index (κ2) is 6.35. The molecular weight excluding hydrogens is 236 g/mol. The molecule has 0 radical (unpaired) electrons. The van der Waals surface area contributed by atoms with Gasteiger partial charge in [-0.05, 0) is 30.1 Å². The van der Waals surface area contributed by atoms with Crippen molar-refractivity contribution in [1.82, 2.24) is 0 Å². The van der Waals surface area contributed by atoms with E-state index in [1.165, 1.54) is 5.56 Å². The van der Waals surface area contributed by atoms with Gasteiger partial charge in [0.25, 0.3) is 0 Å². The van der Waals surface area contributed by atoms with Crippen LogP contribution in [0.4, 0.5) is 0 Å². The molecule has 1 nitrogen and oxygen atoms in total. The first-order valence-corrected chi connectivity index (χ1v) is 9.59. The number of benzene rings is 1. The van der Waals surface area contributed by atoms with Crippen LogP contribution in [0.15, 0.2) is 36.4 Å². The summed E-state index contributed by atoms with van der Waals surface area (Å²) in [7, 11) is -1.57. The van der Waals surface area contributed by atoms with E-state index in [1.54, 1.807) is 0 Å². The van der Waals surface area contributed by atoms with Crippen molar-refractivity contribution in [1.29, 1.82) is 0 Å². The molecule has 0 N–H and O–H groups in total. The SMILES string of the molecule is CC(C)(C)[Si](C)(C)OCC/C=C/c1ccccc1. The largest absolute Gasteiger partial charge is 0.417 e. The molecule has 0 amide bonds. The van der Waals surface area contributed by atoms with E-state index >= 15 is 0 Å². The molecule has 0 heterocycles. The minimum absolute atomic E-state index is 0.302. The van der Waals surface area contributed by atoms with Crippen molar-refractivity contribution in [2.24, 2.45) is 0 Å². The van der Waals surface area contributed by atoms with E-state index in [0.717, 1.165) is 13.0 Å². The van der Waals surface area contributed by atoms with Crippen LogP contribution in [-0.4, -0.2) is 14.9 Å². The zero-order valence-electron chi connectivity index (χ0n) is 12.4. The van der Waals surface area contributed by atoms with E-state index in [0.29, 0.717) is 5.04 Å². The molecule has 0 aliphatic carbocycles. The van der Waals surface area contributed by atoms with Crippen molar-refractivity contribution in [3.8, 4) is 0 Å². The van der Waals surface area contributed by atoms with Gasteiger partial charge in [0.2, 0.25) is 0 Å². The quantitative estimate of drug-likeness (QED) is 0.529. The zero-order valence-corrected chi connectivity index (χ0v) is 13.4. The van der Waals surface area contributed by atoms with Gasteiger partial charge in [-0.3, -0.25) is 0 Å². The van der Waals surface area contributed by atoms with Crippen LogP contribution in [0.5, 0.6) is 0 Å². The predicted octanol–water partition coefficient (Wildman–Crippen LogP) is 5.11. The Hall–Kier alpha value is -0.863. The van der Waals surface area contributed by atoms with Crippen molar-refractivity contribution < 1.29 is 4.43 Å². The zero-order chi connectivity index (χ0) is 13.6. The first-order valence-electron chi connectivity index (χ1n) is 6.68. The first-order chi connectivity index (χ1) is 8.33. The Morgan fingerprint density at radius 2 is 1.72 bits per heavy atom. The Morgan fingerprint density at radius 1 is 1.11 bits per heavy atom. The van der Waals surface area contributed by atoms with Crippen molar-refractivity contribution >= 4 is 14.4 Å². The molecule has 0 saturated carbocycles. The molecule has 1 rings (SSSR count). The number of rotatable bonds is 5. The lowest BCUT2D eigenvalue weighted by Gasteiger charge is -2.36. The van der Waals surface area contributed by atoms with Crippen LogP contribution in [0.25, 0.3) is 6.08 Å². The van der Waals surface area contributed by atoms with E-state index in [-0.39, 0.29) is 0 Å². The summed E-state index contributed by atoms with van der Waals surface area (Å²) in [5, 5.41) is 0.302. The Kier molecular flexibility index (Phi) is 5.36. The third-order valence-corrected chi connectivity index (χ3v) is 8.20. The molecule has 100 valence electrons. The topological polar surface area (TPSA) is 9.23 Å². The fourth-order valence-corrected chi connectivity index (χ4v) is 2.44. The van der Waals surface area contributed by atoms with Gasteiger partial charge in [-0.2, -0.15) is 0 Å². The fourth-order valence-electron chi connectivity index (χ4n) is 1.38. The summed E-state index contributed by atoms with van der Waals surface area (Å²) in [6, 6.07) is 10.4. The van der Waals surface area contributed by atoms with Crippen LogP contribution >= 0.6 is 0 Å². The molecule has 0 spiro atoms. The van der Waals surface area contributed by atoms with Crippen molar-refractivity contribution in [2.45, 2.75) is 45.3 Å². The standard InChI is InChI=1S/C16H26OSi/c1-16(2,3)18(4,5)17-14-10-9-13-15-11-7-6-8-12-15/h6-9,11-13H,10,14H2,1-5H3/b13-9+. The van der Waals surface area contributed by atoms with E-state index in [4.69, 9.17) is 4.43 Å². The molecule has 0 bridgehead atoms. The number of hydrogen-bond acceptors (Lipinski definition) is 1. The molecule has 2 heteroatoms. The van der Waals surface area contributed by atoms with Crippen LogP contribution in [0.2, 0.25) is 18.1 Å². The molecule has 1 aromatic carbocycles. The summed E-state index contributed by atoms with van der Waals surface area (Å²) < 4.78 is 6.12. The van der Waals surface area contributed by atoms with Gasteiger partial charge >= 0.3 is 0 Å². The van der Waals surface area contributed by atoms with Gasteiger partial charge in [-0.1, -0.05) is 63.3 Å². The summed E-state index contributed by atoms with van der Waals surface area (Å²) in [6.45, 7) is 12.3. The van der Waals surface area contributed by atoms with Crippen molar-refractivity contribution in [2.75, 3.05) is 6.61 Å². The Bertz CT molecular complexity index is 374. The maximum Gasteiger partial charge on any atom is 0.191 e. The summed E-state index contributed by atoms with van der Waals surface area (Å²) in [5.74, 6) is 0. The fraction of sp³-hybridized carbons (Fsp3) is 0.500. The Balaban J connectivity index is 2.34. The Morgan fingerprint density at radius 3 is 2.28 bits per heavy atom. The minimum atomic E-state index is -1.57. The van der Waals surface area contributed by atoms with Crippen LogP contribution in [0.3, 0.4) is 0 Å². The van der Waals surface area contributed by atoms with Gasteiger partial charge < -0.3 is 4.43 Å². The lowest BCUT2D eigenvalue weighted by molar-refractivity contribution is 0.294. The molecule has 0 aliphatic rings. The predicted molar refractivity (Wildman–Crippen MR) is 83.2 cm³/mol. The van der Waals surface area contributed by atoms with Crippen LogP contribution in [0, 0.1) is 0 Å². The summed E-state index contributed by atoms with van der Waals surface area (Å²) in [6.07, 6.45) is 5.35. The molecular formula is C16H26OSi. The Labute approximate surface area is 113 Å². The van der Waals surface area contributed by atoms with Gasteiger partial charge in [0.05, 0.1) is 0 Å². The van der Waals surface area contributed by atoms with Gasteiger partial charge in [-0.15, -0.1) is 0 Å². The molecule has 0 atom stereocenters. The maximum atomic E-state index is 6.12. The van der Waals surface area contributed by atoms with Crippen LogP contribution in [-0.2, 0) is 4.43 Å². The highest BCUT2D eigenvalue weighted by molar-refractivity contribution is 6.74. The second-order valence-electron chi connectivity index (χ2n) is 6.21. The highest BCUT2D eigenvalue weighted by Crippen LogP contribution is 2.36. The average Bonchev–Trinajstić information content (AvgIpc) is 2.28. The normalized spacial score (nSPS) is 13.2. The van der Waals surface area contributed by atoms with E-state index in [1.807, 2.05) is 6.07 Å². The third kappa shape index (κ3) is 4.79. The first kappa shape index (κ1) is 15.2. The molecule has 0 fully saturated rings. The van der Waals surface area contributed by atoms with Crippen molar-refractivity contribution in [3.05, 3.63) is 42.0 Å². The molecule has 0 unspecified atom stereocenters. The van der Waals surface area contributed by atoms with Crippen LogP contribution < -0.4 is 0 Å². The smallest absolute Gasteiger partial charge is 0.191 e. The molecule has 0 saturated heterocycles. The van der Waals surface area contributed by atoms with Gasteiger partial charge in [-0.25, -0.2) is 0 Å². The highest BCUT2D eigenvalue weighted by Gasteiger charge is 2.36. The van der Waals surface area contributed by atoms with E-state index in [2.05, 4.69) is 70.3 Å². The minimum Gasteiger partial charge on any atom is -0.417 e. The lowest BCUT2D eigenvalue weighted by atomic mass is 10.2. The van der Waals surface area contributed by atoms with Crippen LogP contribution in [0.1, 0.15) is 32.8 Å². The molecule has 0 aliphatic heterocycles. The second-order valence-corrected chi connectivity index (χ2v) is 11.0. The number of hydrogen-bond donors (Lipinski definition) is 0. The maximum absolute atomic E-state index is 6.12. The third-order valence-electron chi connectivity index (χ3n) is 3.66. The van der Waals surface area contributed by atoms with Gasteiger partial charge in [0, 0.05) is 6.61 Å². The lowest BCUT2D eigenvalue weighted by Crippen LogP contribution is -2.40. The van der Waals surface area contributed by atoms with Gasteiger partial charge in [0.15, 0.2) is 8.32 Å². The van der Waals surface area contributed by atoms with E-state index in [9.17, 15) is 0 Å². The van der Waals surface area contributed by atoms with Crippen molar-refractivity contribution in [3.63, 3.8) is 0 Å². The average molecular weight is 262 g/mol. The van der Waals surface area contributed by atoms with Gasteiger partial charge in [0.1, 0.15) is 0 Å². The monoisotopic (exact) mass is 262 g/mol. The molecule has 0 aromatic heterocycles. The molecule has 1 aromatic rings. The molecule has 18 heavy (non-hydrogen) atoms. The summed E-state index contributed by atoms with van der Waals surface area (Å²) >= 11 is 0. The van der Waals surface area contributed by atoms with E-state index < -0.39 is 8.32 Å².